The Labute approximate surface area is 168 Å². The van der Waals surface area contributed by atoms with Gasteiger partial charge in [-0.25, -0.2) is 9.36 Å². The van der Waals surface area contributed by atoms with Crippen molar-refractivity contribution in [2.75, 3.05) is 5.32 Å². The molecule has 0 saturated heterocycles. The number of H-pyrrole nitrogens is 1. The van der Waals surface area contributed by atoms with Crippen LogP contribution in [0.5, 0.6) is 5.88 Å². The lowest BCUT2D eigenvalue weighted by molar-refractivity contribution is -0.118. The number of fused-ring (bicyclic) bond motifs is 4. The average Bonchev–Trinajstić information content (AvgIpc) is 3.01. The average molecular weight is 399 g/mol. The molecule has 9 heteroatoms. The lowest BCUT2D eigenvalue weighted by Gasteiger charge is -2.33. The zero-order valence-corrected chi connectivity index (χ0v) is 15.3. The number of carbonyl (C=O) groups excluding carboxylic acids is 1. The molecule has 1 spiro atoms. The summed E-state index contributed by atoms with van der Waals surface area (Å²) in [5, 5.41) is 12.6. The number of carbonyl (C=O) groups is 1. The molecule has 2 aromatic carbocycles. The van der Waals surface area contributed by atoms with Gasteiger partial charge in [-0.1, -0.05) is 36.4 Å². The van der Waals surface area contributed by atoms with Crippen molar-refractivity contribution in [3.8, 4) is 17.6 Å². The second-order valence-corrected chi connectivity index (χ2v) is 6.81. The van der Waals surface area contributed by atoms with Gasteiger partial charge in [-0.05, 0) is 18.2 Å². The van der Waals surface area contributed by atoms with Crippen LogP contribution in [0, 0.1) is 11.3 Å². The number of nitrogens with zero attached hydrogens (tertiary/aromatic N) is 2. The molecule has 146 valence electrons. The van der Waals surface area contributed by atoms with Crippen molar-refractivity contribution in [1.29, 1.82) is 5.26 Å². The highest BCUT2D eigenvalue weighted by molar-refractivity contribution is 6.12. The molecule has 9 nitrogen and oxygen atoms in total. The van der Waals surface area contributed by atoms with Crippen LogP contribution in [0.25, 0.3) is 5.69 Å². The Morgan fingerprint density at radius 1 is 1.03 bits per heavy atom. The third kappa shape index (κ3) is 2.02. The Balaban J connectivity index is 1.99. The topological polar surface area (TPSA) is 143 Å². The van der Waals surface area contributed by atoms with Crippen LogP contribution < -0.4 is 27.0 Å². The van der Waals surface area contributed by atoms with Crippen molar-refractivity contribution >= 4 is 11.6 Å². The number of aromatic amines is 1. The molecule has 5 rings (SSSR count). The first-order chi connectivity index (χ1) is 14.5. The van der Waals surface area contributed by atoms with E-state index in [0.29, 0.717) is 16.9 Å². The maximum atomic E-state index is 13.3. The number of nitrogens with two attached hydrogens (primary N) is 1. The monoisotopic (exact) mass is 399 g/mol. The largest absolute Gasteiger partial charge is 0.423 e. The number of aromatic nitrogens is 2. The van der Waals surface area contributed by atoms with Crippen LogP contribution in [0.15, 0.2) is 75.6 Å². The first-order valence-corrected chi connectivity index (χ1v) is 8.94. The molecule has 1 aromatic heterocycles. The number of para-hydroxylation sites is 2. The number of benzene rings is 2. The van der Waals surface area contributed by atoms with Gasteiger partial charge in [0, 0.05) is 11.3 Å². The molecule has 3 heterocycles. The highest BCUT2D eigenvalue weighted by Crippen LogP contribution is 2.51. The Bertz CT molecular complexity index is 1430. The van der Waals surface area contributed by atoms with Crippen LogP contribution >= 0.6 is 0 Å². The number of nitriles is 1. The van der Waals surface area contributed by atoms with Crippen molar-refractivity contribution in [3.05, 3.63) is 98.0 Å². The van der Waals surface area contributed by atoms with E-state index in [0.717, 1.165) is 4.57 Å². The van der Waals surface area contributed by atoms with Gasteiger partial charge < -0.3 is 15.8 Å². The van der Waals surface area contributed by atoms with Gasteiger partial charge in [0.2, 0.25) is 17.7 Å². The fourth-order valence-corrected chi connectivity index (χ4v) is 4.11. The van der Waals surface area contributed by atoms with Gasteiger partial charge in [-0.2, -0.15) is 5.26 Å². The van der Waals surface area contributed by atoms with E-state index in [2.05, 4.69) is 10.3 Å². The Hall–Kier alpha value is -4.58. The molecule has 4 N–H and O–H groups in total. The minimum absolute atomic E-state index is 0.181. The molecule has 1 unspecified atom stereocenters. The highest BCUT2D eigenvalue weighted by atomic mass is 16.5. The Morgan fingerprint density at radius 2 is 1.73 bits per heavy atom. The summed E-state index contributed by atoms with van der Waals surface area (Å²) in [5.41, 5.74) is 3.41. The van der Waals surface area contributed by atoms with Gasteiger partial charge in [0.15, 0.2) is 5.41 Å². The second-order valence-electron chi connectivity index (χ2n) is 6.81. The number of hydrogen-bond acceptors (Lipinski definition) is 6. The Morgan fingerprint density at radius 3 is 2.47 bits per heavy atom. The first-order valence-electron chi connectivity index (χ1n) is 8.94. The number of amides is 1. The fourth-order valence-electron chi connectivity index (χ4n) is 4.11. The zero-order chi connectivity index (χ0) is 21.0. The molecule has 1 amide bonds. The van der Waals surface area contributed by atoms with Crippen molar-refractivity contribution in [1.82, 2.24) is 9.55 Å². The fraction of sp³-hybridized carbons (Fsp3) is 0.0476. The molecule has 2 aliphatic heterocycles. The number of rotatable bonds is 1. The molecule has 2 aliphatic rings. The highest BCUT2D eigenvalue weighted by Gasteiger charge is 2.58. The van der Waals surface area contributed by atoms with Gasteiger partial charge in [-0.15, -0.1) is 0 Å². The summed E-state index contributed by atoms with van der Waals surface area (Å²) >= 11 is 0. The second kappa shape index (κ2) is 5.96. The van der Waals surface area contributed by atoms with E-state index in [9.17, 15) is 19.6 Å². The number of anilines is 1. The van der Waals surface area contributed by atoms with E-state index < -0.39 is 22.6 Å². The molecule has 30 heavy (non-hydrogen) atoms. The molecular formula is C21H13N5O4. The minimum Gasteiger partial charge on any atom is -0.423 e. The van der Waals surface area contributed by atoms with E-state index >= 15 is 0 Å². The van der Waals surface area contributed by atoms with Crippen LogP contribution in [-0.2, 0) is 10.2 Å². The van der Waals surface area contributed by atoms with Gasteiger partial charge in [-0.3, -0.25) is 14.6 Å². The van der Waals surface area contributed by atoms with Crippen LogP contribution in [0.1, 0.15) is 11.1 Å². The lowest BCUT2D eigenvalue weighted by atomic mass is 9.69. The maximum absolute atomic E-state index is 13.3. The zero-order valence-electron chi connectivity index (χ0n) is 15.3. The van der Waals surface area contributed by atoms with E-state index in [-0.39, 0.29) is 22.9 Å². The van der Waals surface area contributed by atoms with Crippen molar-refractivity contribution < 1.29 is 9.53 Å². The van der Waals surface area contributed by atoms with Crippen LogP contribution in [0.2, 0.25) is 0 Å². The molecule has 0 aliphatic carbocycles. The summed E-state index contributed by atoms with van der Waals surface area (Å²) in [6, 6.07) is 17.1. The smallest absolute Gasteiger partial charge is 0.335 e. The standard InChI is InChI=1S/C21H13N5O4/c22-10-13-16(23)30-18-15(21(13)12-8-4-5-9-14(12)24-19(21)28)17(27)25-20(29)26(18)11-6-2-1-3-7-11/h1-9H,23H2,(H,24,28)(H,25,27,29). The summed E-state index contributed by atoms with van der Waals surface area (Å²) in [4.78, 5) is 41.3. The molecule has 3 aromatic rings. The van der Waals surface area contributed by atoms with E-state index in [1.165, 1.54) is 0 Å². The molecule has 0 fully saturated rings. The van der Waals surface area contributed by atoms with E-state index in [4.69, 9.17) is 10.5 Å². The van der Waals surface area contributed by atoms with Crippen molar-refractivity contribution in [3.63, 3.8) is 0 Å². The maximum Gasteiger partial charge on any atom is 0.335 e. The predicted molar refractivity (Wildman–Crippen MR) is 106 cm³/mol. The van der Waals surface area contributed by atoms with Gasteiger partial charge >= 0.3 is 5.69 Å². The number of nitrogens with one attached hydrogen (secondary N) is 2. The molecule has 0 radical (unpaired) electrons. The molecule has 0 saturated carbocycles. The Kier molecular flexibility index (Phi) is 3.48. The van der Waals surface area contributed by atoms with Crippen molar-refractivity contribution in [2.45, 2.75) is 5.41 Å². The van der Waals surface area contributed by atoms with Crippen LogP contribution in [0.3, 0.4) is 0 Å². The summed E-state index contributed by atoms with van der Waals surface area (Å²) in [5.74, 6) is -1.19. The van der Waals surface area contributed by atoms with Gasteiger partial charge in [0.1, 0.15) is 17.2 Å². The lowest BCUT2D eigenvalue weighted by Crippen LogP contribution is -2.49. The predicted octanol–water partition coefficient (Wildman–Crippen LogP) is 0.850. The first kappa shape index (κ1) is 17.5. The van der Waals surface area contributed by atoms with Crippen LogP contribution in [-0.4, -0.2) is 15.5 Å². The quantitative estimate of drug-likeness (QED) is 0.554. The summed E-state index contributed by atoms with van der Waals surface area (Å²) in [6.45, 7) is 0. The van der Waals surface area contributed by atoms with Crippen LogP contribution in [0.4, 0.5) is 5.69 Å². The SMILES string of the molecule is N#CC1=C(N)Oc2c(c(=O)[nH]c(=O)n2-c2ccccc2)C12C(=O)Nc1ccccc12. The normalized spacial score (nSPS) is 19.0. The van der Waals surface area contributed by atoms with Crippen molar-refractivity contribution in [2.24, 2.45) is 5.73 Å². The number of hydrogen-bond donors (Lipinski definition) is 3. The molecular weight excluding hydrogens is 386 g/mol. The summed E-state index contributed by atoms with van der Waals surface area (Å²) < 4.78 is 6.75. The third-order valence-corrected chi connectivity index (χ3v) is 5.32. The summed E-state index contributed by atoms with van der Waals surface area (Å²) in [7, 11) is 0. The molecule has 1 atom stereocenters. The summed E-state index contributed by atoms with van der Waals surface area (Å²) in [6.07, 6.45) is 0. The van der Waals surface area contributed by atoms with Gasteiger partial charge in [0.05, 0.1) is 5.69 Å². The van der Waals surface area contributed by atoms with E-state index in [1.807, 2.05) is 6.07 Å². The van der Waals surface area contributed by atoms with E-state index in [1.54, 1.807) is 54.6 Å². The van der Waals surface area contributed by atoms with Gasteiger partial charge in [0.25, 0.3) is 5.56 Å². The molecule has 0 bridgehead atoms. The minimum atomic E-state index is -1.85. The number of ether oxygens (including phenoxy) is 1. The third-order valence-electron chi connectivity index (χ3n) is 5.32.